The number of carbonyl (C=O) groups is 1. The Morgan fingerprint density at radius 1 is 1.34 bits per heavy atom. The Kier molecular flexibility index (Phi) is 6.37. The van der Waals surface area contributed by atoms with Gasteiger partial charge in [-0.2, -0.15) is 13.2 Å². The summed E-state index contributed by atoms with van der Waals surface area (Å²) in [6.07, 6.45) is -3.36. The van der Waals surface area contributed by atoms with Gasteiger partial charge in [-0.15, -0.1) is 0 Å². The molecule has 1 aromatic heterocycles. The summed E-state index contributed by atoms with van der Waals surface area (Å²) in [4.78, 5) is 20.6. The fourth-order valence-electron chi connectivity index (χ4n) is 4.12. The van der Waals surface area contributed by atoms with Crippen LogP contribution in [0.25, 0.3) is 0 Å². The lowest BCUT2D eigenvalue weighted by Gasteiger charge is -2.33. The van der Waals surface area contributed by atoms with E-state index in [0.29, 0.717) is 6.42 Å². The van der Waals surface area contributed by atoms with E-state index in [4.69, 9.17) is 17.3 Å². The molecule has 1 saturated carbocycles. The van der Waals surface area contributed by atoms with Gasteiger partial charge in [0.15, 0.2) is 23.4 Å². The Hall–Kier alpha value is -2.67. The number of amides is 1. The standard InChI is InChI=1S/C21H17ClF6N4O2S/c1-19(14-5-20(14,7-23)35-18(29)32-19)11-2-9(3-13(24)15(11)25)31-17(33)16-12(22)4-10(6-30-16)34-8-21(26,27)28/h2-4,6,14H,5,7-8H2,1H3,(H2,29,32)(H,31,33)/t14-,19-,20+/m0/s1. The molecule has 0 unspecified atom stereocenters. The first kappa shape index (κ1) is 25.4. The first-order valence-electron chi connectivity index (χ1n) is 10.0. The van der Waals surface area contributed by atoms with Crippen molar-refractivity contribution in [3.8, 4) is 5.75 Å². The molecule has 14 heteroatoms. The number of fused-ring (bicyclic) bond motifs is 1. The van der Waals surface area contributed by atoms with E-state index in [1.807, 2.05) is 0 Å². The minimum absolute atomic E-state index is 0.0389. The molecule has 1 fully saturated rings. The molecule has 2 aliphatic rings. The molecule has 0 spiro atoms. The van der Waals surface area contributed by atoms with Gasteiger partial charge >= 0.3 is 6.18 Å². The summed E-state index contributed by atoms with van der Waals surface area (Å²) in [5.41, 5.74) is 3.70. The van der Waals surface area contributed by atoms with Gasteiger partial charge in [0, 0.05) is 29.3 Å². The number of hydrogen-bond acceptors (Lipinski definition) is 6. The van der Waals surface area contributed by atoms with Crippen LogP contribution in [0.3, 0.4) is 0 Å². The van der Waals surface area contributed by atoms with E-state index in [1.54, 1.807) is 0 Å². The summed E-state index contributed by atoms with van der Waals surface area (Å²) in [6.45, 7) is -0.784. The van der Waals surface area contributed by atoms with Crippen molar-refractivity contribution in [2.45, 2.75) is 29.8 Å². The molecule has 2 aromatic rings. The van der Waals surface area contributed by atoms with Crippen molar-refractivity contribution in [2.75, 3.05) is 18.6 Å². The van der Waals surface area contributed by atoms with E-state index < -0.39 is 58.9 Å². The van der Waals surface area contributed by atoms with E-state index in [1.165, 1.54) is 13.0 Å². The van der Waals surface area contributed by atoms with E-state index in [-0.39, 0.29) is 27.2 Å². The van der Waals surface area contributed by atoms with Gasteiger partial charge in [-0.25, -0.2) is 18.2 Å². The number of anilines is 1. The number of rotatable bonds is 6. The van der Waals surface area contributed by atoms with Crippen molar-refractivity contribution in [1.29, 1.82) is 0 Å². The Morgan fingerprint density at radius 2 is 2.06 bits per heavy atom. The fraction of sp³-hybridized carbons (Fsp3) is 0.381. The highest BCUT2D eigenvalue weighted by atomic mass is 35.5. The maximum absolute atomic E-state index is 14.9. The van der Waals surface area contributed by atoms with Crippen molar-refractivity contribution < 1.29 is 35.9 Å². The molecule has 0 bridgehead atoms. The number of aromatic nitrogens is 1. The van der Waals surface area contributed by atoms with Crippen LogP contribution in [0.15, 0.2) is 29.4 Å². The third kappa shape index (κ3) is 4.88. The lowest BCUT2D eigenvalue weighted by molar-refractivity contribution is -0.153. The zero-order chi connectivity index (χ0) is 25.8. The van der Waals surface area contributed by atoms with E-state index in [0.717, 1.165) is 30.1 Å². The summed E-state index contributed by atoms with van der Waals surface area (Å²) in [5.74, 6) is -4.20. The van der Waals surface area contributed by atoms with Crippen LogP contribution in [0.4, 0.5) is 32.0 Å². The quantitative estimate of drug-likeness (QED) is 0.493. The number of benzene rings is 1. The zero-order valence-electron chi connectivity index (χ0n) is 17.9. The van der Waals surface area contributed by atoms with Crippen molar-refractivity contribution in [2.24, 2.45) is 16.6 Å². The number of nitrogens with two attached hydrogens (primary N) is 1. The first-order chi connectivity index (χ1) is 16.3. The molecule has 3 N–H and O–H groups in total. The highest BCUT2D eigenvalue weighted by Crippen LogP contribution is 2.66. The van der Waals surface area contributed by atoms with Crippen LogP contribution >= 0.6 is 23.4 Å². The molecule has 2 heterocycles. The molecule has 1 aliphatic carbocycles. The van der Waals surface area contributed by atoms with Crippen LogP contribution in [-0.4, -0.2) is 40.3 Å². The van der Waals surface area contributed by atoms with Crippen LogP contribution < -0.4 is 15.8 Å². The van der Waals surface area contributed by atoms with Gasteiger partial charge in [-0.05, 0) is 19.4 Å². The number of pyridine rings is 1. The molecule has 1 amide bonds. The van der Waals surface area contributed by atoms with Crippen LogP contribution in [0, 0.1) is 17.6 Å². The number of alkyl halides is 4. The largest absolute Gasteiger partial charge is 0.482 e. The Bertz CT molecular complexity index is 1230. The molecule has 1 aliphatic heterocycles. The van der Waals surface area contributed by atoms with Crippen molar-refractivity contribution in [3.05, 3.63) is 52.3 Å². The molecule has 1 aromatic carbocycles. The second-order valence-electron chi connectivity index (χ2n) is 8.33. The molecule has 6 nitrogen and oxygen atoms in total. The normalized spacial score (nSPS) is 25.5. The van der Waals surface area contributed by atoms with Gasteiger partial charge in [0.1, 0.15) is 18.1 Å². The Morgan fingerprint density at radius 3 is 2.69 bits per heavy atom. The molecule has 0 saturated heterocycles. The summed E-state index contributed by atoms with van der Waals surface area (Å²) < 4.78 is 83.6. The topological polar surface area (TPSA) is 89.6 Å². The second-order valence-corrected chi connectivity index (χ2v) is 10.2. The van der Waals surface area contributed by atoms with E-state index in [9.17, 15) is 31.1 Å². The SMILES string of the molecule is C[C@@]1(c2cc(NC(=O)c3ncc(OCC(F)(F)F)cc3Cl)cc(F)c2F)N=C(N)S[C@@]2(CF)C[C@H]21. The predicted molar refractivity (Wildman–Crippen MR) is 118 cm³/mol. The maximum Gasteiger partial charge on any atom is 0.422 e. The second kappa shape index (κ2) is 8.77. The third-order valence-electron chi connectivity index (χ3n) is 5.84. The molecular weight excluding hydrogens is 522 g/mol. The van der Waals surface area contributed by atoms with Gasteiger partial charge in [0.05, 0.1) is 21.5 Å². The van der Waals surface area contributed by atoms with E-state index in [2.05, 4.69) is 20.0 Å². The lowest BCUT2D eigenvalue weighted by Crippen LogP contribution is -2.37. The monoisotopic (exact) mass is 538 g/mol. The number of amidine groups is 1. The van der Waals surface area contributed by atoms with Crippen molar-refractivity contribution in [3.63, 3.8) is 0 Å². The van der Waals surface area contributed by atoms with Gasteiger partial charge in [0.25, 0.3) is 5.91 Å². The van der Waals surface area contributed by atoms with Gasteiger partial charge in [0.2, 0.25) is 0 Å². The summed E-state index contributed by atoms with van der Waals surface area (Å²) in [5, 5.41) is 2.04. The molecular formula is C21H17ClF6N4O2S. The molecule has 188 valence electrons. The Balaban J connectivity index is 1.60. The average Bonchev–Trinajstić information content (AvgIpc) is 3.50. The van der Waals surface area contributed by atoms with Crippen LogP contribution in [0.5, 0.6) is 5.75 Å². The number of nitrogens with zero attached hydrogens (tertiary/aromatic N) is 2. The van der Waals surface area contributed by atoms with E-state index >= 15 is 0 Å². The summed E-state index contributed by atoms with van der Waals surface area (Å²) >= 11 is 7.02. The smallest absolute Gasteiger partial charge is 0.422 e. The third-order valence-corrected chi connectivity index (χ3v) is 7.40. The number of ether oxygens (including phenoxy) is 1. The number of aliphatic imine (C=N–C) groups is 1. The number of carbonyl (C=O) groups excluding carboxylic acids is 1. The highest BCUT2D eigenvalue weighted by Gasteiger charge is 2.67. The van der Waals surface area contributed by atoms with Gasteiger partial charge < -0.3 is 15.8 Å². The summed E-state index contributed by atoms with van der Waals surface area (Å²) in [7, 11) is 0. The lowest BCUT2D eigenvalue weighted by atomic mass is 9.85. The number of thioether (sulfide) groups is 1. The predicted octanol–water partition coefficient (Wildman–Crippen LogP) is 5.21. The van der Waals surface area contributed by atoms with Crippen LogP contribution in [0.1, 0.15) is 29.4 Å². The number of nitrogens with one attached hydrogen (secondary N) is 1. The zero-order valence-corrected chi connectivity index (χ0v) is 19.4. The minimum Gasteiger partial charge on any atom is -0.482 e. The van der Waals surface area contributed by atoms with Crippen LogP contribution in [0.2, 0.25) is 5.02 Å². The molecule has 35 heavy (non-hydrogen) atoms. The van der Waals surface area contributed by atoms with Crippen molar-refractivity contribution >= 4 is 40.1 Å². The Labute approximate surface area is 204 Å². The highest BCUT2D eigenvalue weighted by molar-refractivity contribution is 8.15. The number of hydrogen-bond donors (Lipinski definition) is 2. The van der Waals surface area contributed by atoms with Gasteiger partial charge in [-0.1, -0.05) is 23.4 Å². The molecule has 0 radical (unpaired) electrons. The molecule has 3 atom stereocenters. The van der Waals surface area contributed by atoms with Gasteiger partial charge in [-0.3, -0.25) is 9.79 Å². The number of halogens is 7. The summed E-state index contributed by atoms with van der Waals surface area (Å²) in [6, 6.07) is 2.86. The fourth-order valence-corrected chi connectivity index (χ4v) is 5.69. The maximum atomic E-state index is 14.9. The minimum atomic E-state index is -4.58. The molecule has 4 rings (SSSR count). The first-order valence-corrected chi connectivity index (χ1v) is 11.2. The van der Waals surface area contributed by atoms with Crippen LogP contribution in [-0.2, 0) is 5.54 Å². The average molecular weight is 539 g/mol. The van der Waals surface area contributed by atoms with Crippen molar-refractivity contribution in [1.82, 2.24) is 4.98 Å².